The third kappa shape index (κ3) is 2.88. The number of alkyl halides is 2. The summed E-state index contributed by atoms with van der Waals surface area (Å²) in [6, 6.07) is 3.95. The van der Waals surface area contributed by atoms with E-state index in [9.17, 15) is 27.6 Å². The Morgan fingerprint density at radius 3 is 2.25 bits per heavy atom. The van der Waals surface area contributed by atoms with Crippen LogP contribution < -0.4 is 5.32 Å². The number of amides is 3. The van der Waals surface area contributed by atoms with Crippen molar-refractivity contribution < 1.29 is 27.6 Å². The molecule has 1 aliphatic carbocycles. The maximum absolute atomic E-state index is 13.3. The number of benzene rings is 1. The summed E-state index contributed by atoms with van der Waals surface area (Å²) in [4.78, 5) is 37.5. The number of nitrogens with one attached hydrogen (secondary N) is 1. The second kappa shape index (κ2) is 5.61. The van der Waals surface area contributed by atoms with Gasteiger partial charge in [-0.05, 0) is 37.1 Å². The van der Waals surface area contributed by atoms with Crippen LogP contribution in [-0.4, -0.2) is 40.6 Å². The third-order valence-corrected chi connectivity index (χ3v) is 4.55. The summed E-state index contributed by atoms with van der Waals surface area (Å²) in [5.41, 5.74) is -1.19. The van der Waals surface area contributed by atoms with Gasteiger partial charge in [0.15, 0.2) is 5.78 Å². The van der Waals surface area contributed by atoms with Crippen molar-refractivity contribution in [2.75, 3.05) is 6.54 Å². The van der Waals surface area contributed by atoms with Crippen LogP contribution in [0, 0.1) is 5.82 Å². The molecular weight excluding hydrogens is 325 g/mol. The first-order valence-electron chi connectivity index (χ1n) is 7.53. The molecule has 8 heteroatoms. The van der Waals surface area contributed by atoms with Gasteiger partial charge in [0.25, 0.3) is 5.91 Å². The number of nitrogens with zero attached hydrogens (tertiary/aromatic N) is 1. The topological polar surface area (TPSA) is 66.5 Å². The van der Waals surface area contributed by atoms with Crippen LogP contribution in [0.25, 0.3) is 0 Å². The predicted molar refractivity (Wildman–Crippen MR) is 77.1 cm³/mol. The van der Waals surface area contributed by atoms with Crippen LogP contribution in [0.4, 0.5) is 18.0 Å². The summed E-state index contributed by atoms with van der Waals surface area (Å²) in [6.45, 7) is -0.506. The summed E-state index contributed by atoms with van der Waals surface area (Å²) in [6.07, 6.45) is -1.30. The first-order valence-corrected chi connectivity index (χ1v) is 7.53. The van der Waals surface area contributed by atoms with Gasteiger partial charge in [-0.2, -0.15) is 0 Å². The fourth-order valence-electron chi connectivity index (χ4n) is 3.07. The Labute approximate surface area is 135 Å². The molecule has 2 fully saturated rings. The SMILES string of the molecule is O=C(CN1C(=O)NC2(CCC(F)(F)CC2)C1=O)c1ccc(F)cc1. The van der Waals surface area contributed by atoms with Gasteiger partial charge in [0.1, 0.15) is 11.4 Å². The molecule has 128 valence electrons. The average molecular weight is 340 g/mol. The molecule has 1 aliphatic heterocycles. The van der Waals surface area contributed by atoms with E-state index in [1.54, 1.807) is 0 Å². The third-order valence-electron chi connectivity index (χ3n) is 4.55. The van der Waals surface area contributed by atoms with Crippen molar-refractivity contribution in [2.24, 2.45) is 0 Å². The summed E-state index contributed by atoms with van der Waals surface area (Å²) in [7, 11) is 0. The summed E-state index contributed by atoms with van der Waals surface area (Å²) < 4.78 is 39.5. The lowest BCUT2D eigenvalue weighted by Crippen LogP contribution is -2.51. The molecule has 0 unspecified atom stereocenters. The molecule has 2 aliphatic rings. The molecule has 0 aromatic heterocycles. The van der Waals surface area contributed by atoms with Crippen molar-refractivity contribution in [3.8, 4) is 0 Å². The first-order chi connectivity index (χ1) is 11.2. The number of hydrogen-bond acceptors (Lipinski definition) is 3. The molecule has 5 nitrogen and oxygen atoms in total. The highest BCUT2D eigenvalue weighted by Crippen LogP contribution is 2.41. The largest absolute Gasteiger partial charge is 0.325 e. The second-order valence-electron chi connectivity index (χ2n) is 6.19. The molecule has 0 bridgehead atoms. The molecule has 1 saturated carbocycles. The van der Waals surface area contributed by atoms with Gasteiger partial charge in [0.05, 0.1) is 6.54 Å². The van der Waals surface area contributed by atoms with Gasteiger partial charge in [-0.25, -0.2) is 18.0 Å². The van der Waals surface area contributed by atoms with E-state index in [0.717, 1.165) is 17.0 Å². The highest BCUT2D eigenvalue weighted by Gasteiger charge is 2.55. The normalized spacial score (nSPS) is 21.9. The molecule has 24 heavy (non-hydrogen) atoms. The standard InChI is InChI=1S/C16H15F3N2O3/c17-11-3-1-10(2-4-11)12(22)9-21-13(23)15(20-14(21)24)5-7-16(18,19)8-6-15/h1-4H,5-9H2,(H,20,24). The van der Waals surface area contributed by atoms with Crippen molar-refractivity contribution >= 4 is 17.7 Å². The Morgan fingerprint density at radius 2 is 1.67 bits per heavy atom. The highest BCUT2D eigenvalue weighted by molar-refractivity contribution is 6.11. The van der Waals surface area contributed by atoms with Crippen LogP contribution in [0.3, 0.4) is 0 Å². The molecule has 0 atom stereocenters. The number of imide groups is 1. The van der Waals surface area contributed by atoms with E-state index in [0.29, 0.717) is 0 Å². The number of ketones is 1. The van der Waals surface area contributed by atoms with E-state index in [4.69, 9.17) is 0 Å². The molecule has 1 saturated heterocycles. The van der Waals surface area contributed by atoms with Crippen LogP contribution in [0.2, 0.25) is 0 Å². The zero-order valence-corrected chi connectivity index (χ0v) is 12.7. The lowest BCUT2D eigenvalue weighted by molar-refractivity contribution is -0.135. The molecule has 1 aromatic rings. The van der Waals surface area contributed by atoms with Crippen molar-refractivity contribution in [3.05, 3.63) is 35.6 Å². The maximum atomic E-state index is 13.3. The minimum atomic E-state index is -2.84. The Bertz CT molecular complexity index is 693. The molecule has 3 rings (SSSR count). The number of halogens is 3. The van der Waals surface area contributed by atoms with Crippen LogP contribution >= 0.6 is 0 Å². The van der Waals surface area contributed by atoms with Crippen LogP contribution in [0.1, 0.15) is 36.0 Å². The Hall–Kier alpha value is -2.38. The van der Waals surface area contributed by atoms with E-state index in [2.05, 4.69) is 5.32 Å². The lowest BCUT2D eigenvalue weighted by Gasteiger charge is -2.34. The average Bonchev–Trinajstić information content (AvgIpc) is 2.76. The van der Waals surface area contributed by atoms with Crippen LogP contribution in [0.5, 0.6) is 0 Å². The van der Waals surface area contributed by atoms with Gasteiger partial charge >= 0.3 is 6.03 Å². The zero-order valence-electron chi connectivity index (χ0n) is 12.7. The van der Waals surface area contributed by atoms with Gasteiger partial charge in [-0.15, -0.1) is 0 Å². The number of carbonyl (C=O) groups is 3. The van der Waals surface area contributed by atoms with Crippen molar-refractivity contribution in [1.82, 2.24) is 10.2 Å². The fourth-order valence-corrected chi connectivity index (χ4v) is 3.07. The lowest BCUT2D eigenvalue weighted by atomic mass is 9.80. The summed E-state index contributed by atoms with van der Waals surface area (Å²) >= 11 is 0. The van der Waals surface area contributed by atoms with Crippen molar-refractivity contribution in [1.29, 1.82) is 0 Å². The van der Waals surface area contributed by atoms with E-state index < -0.39 is 54.4 Å². The van der Waals surface area contributed by atoms with Gasteiger partial charge in [0.2, 0.25) is 5.92 Å². The monoisotopic (exact) mass is 340 g/mol. The number of hydrogen-bond donors (Lipinski definition) is 1. The van der Waals surface area contributed by atoms with E-state index in [1.165, 1.54) is 12.1 Å². The van der Waals surface area contributed by atoms with Gasteiger partial charge < -0.3 is 5.32 Å². The van der Waals surface area contributed by atoms with Crippen LogP contribution in [-0.2, 0) is 4.79 Å². The minimum Gasteiger partial charge on any atom is -0.323 e. The second-order valence-corrected chi connectivity index (χ2v) is 6.19. The van der Waals surface area contributed by atoms with Crippen molar-refractivity contribution in [2.45, 2.75) is 37.1 Å². The molecule has 1 spiro atoms. The predicted octanol–water partition coefficient (Wildman–Crippen LogP) is 2.51. The minimum absolute atomic E-state index is 0.160. The van der Waals surface area contributed by atoms with Crippen LogP contribution in [0.15, 0.2) is 24.3 Å². The molecular formula is C16H15F3N2O3. The first kappa shape index (κ1) is 16.5. The molecule has 1 N–H and O–H groups in total. The summed E-state index contributed by atoms with van der Waals surface area (Å²) in [5, 5.41) is 2.46. The molecule has 1 aromatic carbocycles. The number of carbonyl (C=O) groups excluding carboxylic acids is 3. The molecule has 3 amide bonds. The molecule has 0 radical (unpaired) electrons. The quantitative estimate of drug-likeness (QED) is 0.679. The van der Waals surface area contributed by atoms with Gasteiger partial charge in [0, 0.05) is 18.4 Å². The molecule has 1 heterocycles. The van der Waals surface area contributed by atoms with E-state index in [-0.39, 0.29) is 18.4 Å². The van der Waals surface area contributed by atoms with Gasteiger partial charge in [-0.1, -0.05) is 0 Å². The highest BCUT2D eigenvalue weighted by atomic mass is 19.3. The smallest absolute Gasteiger partial charge is 0.323 e. The number of rotatable bonds is 3. The van der Waals surface area contributed by atoms with E-state index >= 15 is 0 Å². The number of urea groups is 1. The summed E-state index contributed by atoms with van der Waals surface area (Å²) in [5.74, 6) is -4.54. The Kier molecular flexibility index (Phi) is 3.85. The zero-order chi connectivity index (χ0) is 17.5. The van der Waals surface area contributed by atoms with Gasteiger partial charge in [-0.3, -0.25) is 14.5 Å². The number of Topliss-reactive ketones (excluding diaryl/α,β-unsaturated/α-hetero) is 1. The Morgan fingerprint density at radius 1 is 1.08 bits per heavy atom. The maximum Gasteiger partial charge on any atom is 0.325 e. The van der Waals surface area contributed by atoms with E-state index in [1.807, 2.05) is 0 Å². The fraction of sp³-hybridized carbons (Fsp3) is 0.438. The Balaban J connectivity index is 1.73. The van der Waals surface area contributed by atoms with Crippen molar-refractivity contribution in [3.63, 3.8) is 0 Å².